The fraction of sp³-hybridized carbons (Fsp3) is 1.00. The van der Waals surface area contributed by atoms with Crippen LogP contribution < -0.4 is 0 Å². The number of hydrogen-bond acceptors (Lipinski definition) is 9. The number of aliphatic hydroxyl groups excluding tert-OH is 2. The Hall–Kier alpha value is -1.00. The third-order valence-corrected chi connectivity index (χ3v) is 3.49. The predicted octanol–water partition coefficient (Wildman–Crippen LogP) is -0.470. The van der Waals surface area contributed by atoms with Gasteiger partial charge in [0.1, 0.15) is 18.2 Å². The number of nitroso groups, excluding NO2 is 2. The molecule has 0 aromatic carbocycles. The van der Waals surface area contributed by atoms with Crippen molar-refractivity contribution < 1.29 is 24.4 Å². The van der Waals surface area contributed by atoms with E-state index in [1.807, 2.05) is 0 Å². The highest BCUT2D eigenvalue weighted by molar-refractivity contribution is 4.88. The molecule has 0 aromatic heterocycles. The zero-order valence-electron chi connectivity index (χ0n) is 10.8. The predicted molar refractivity (Wildman–Crippen MR) is 65.8 cm³/mol. The van der Waals surface area contributed by atoms with Gasteiger partial charge in [0.15, 0.2) is 6.29 Å². The minimum absolute atomic E-state index is 0.0274. The van der Waals surface area contributed by atoms with Gasteiger partial charge in [-0.25, -0.2) is 0 Å². The van der Waals surface area contributed by atoms with Crippen LogP contribution in [0.1, 0.15) is 12.8 Å². The molecule has 2 aliphatic heterocycles. The number of nitrogens with zero attached hydrogens (tertiary/aromatic N) is 2. The lowest BCUT2D eigenvalue weighted by molar-refractivity contribution is -0.246. The third kappa shape index (κ3) is 3.55. The molecule has 0 unspecified atom stereocenters. The minimum atomic E-state index is -1.02. The van der Waals surface area contributed by atoms with Crippen LogP contribution in [0.4, 0.5) is 0 Å². The molecule has 9 nitrogen and oxygen atoms in total. The summed E-state index contributed by atoms with van der Waals surface area (Å²) in [4.78, 5) is 21.4. The largest absolute Gasteiger partial charge is 0.394 e. The maximum atomic E-state index is 10.8. The Kier molecular flexibility index (Phi) is 5.49. The molecule has 2 aliphatic rings. The SMILES string of the molecule is O=N[C@@H]1C[C@H](CO)O[C@H](O[C@H]2COC[C@@H](O)[C@@H]2N=O)C1. The number of aliphatic hydroxyl groups is 2. The molecule has 6 atom stereocenters. The first-order valence-electron chi connectivity index (χ1n) is 6.50. The van der Waals surface area contributed by atoms with Gasteiger partial charge < -0.3 is 24.4 Å². The Morgan fingerprint density at radius 2 is 2.00 bits per heavy atom. The maximum absolute atomic E-state index is 10.8. The molecule has 0 saturated carbocycles. The Morgan fingerprint density at radius 3 is 2.65 bits per heavy atom. The first kappa shape index (κ1) is 15.4. The van der Waals surface area contributed by atoms with Crippen molar-refractivity contribution in [1.82, 2.24) is 0 Å². The van der Waals surface area contributed by atoms with E-state index in [2.05, 4.69) is 10.4 Å². The Balaban J connectivity index is 1.96. The molecule has 2 fully saturated rings. The molecule has 0 aromatic rings. The van der Waals surface area contributed by atoms with Crippen molar-refractivity contribution in [2.75, 3.05) is 19.8 Å². The number of rotatable bonds is 5. The summed E-state index contributed by atoms with van der Waals surface area (Å²) in [5, 5.41) is 24.5. The van der Waals surface area contributed by atoms with Crippen molar-refractivity contribution in [3.8, 4) is 0 Å². The summed E-state index contributed by atoms with van der Waals surface area (Å²) in [6.45, 7) is -0.110. The van der Waals surface area contributed by atoms with Gasteiger partial charge in [0, 0.05) is 12.8 Å². The Labute approximate surface area is 115 Å². The van der Waals surface area contributed by atoms with E-state index in [1.54, 1.807) is 0 Å². The van der Waals surface area contributed by atoms with E-state index in [9.17, 15) is 14.9 Å². The van der Waals surface area contributed by atoms with Crippen LogP contribution in [0.15, 0.2) is 10.4 Å². The van der Waals surface area contributed by atoms with Gasteiger partial charge in [0.2, 0.25) is 0 Å². The quantitative estimate of drug-likeness (QED) is 0.655. The van der Waals surface area contributed by atoms with Crippen LogP contribution in [-0.4, -0.2) is 66.7 Å². The number of hydrogen-bond donors (Lipinski definition) is 2. The summed E-state index contributed by atoms with van der Waals surface area (Å²) in [5.41, 5.74) is 0. The van der Waals surface area contributed by atoms with Gasteiger partial charge in [-0.2, -0.15) is 9.81 Å². The summed E-state index contributed by atoms with van der Waals surface area (Å²) in [6, 6.07) is -1.45. The molecule has 9 heteroatoms. The van der Waals surface area contributed by atoms with Gasteiger partial charge >= 0.3 is 0 Å². The second kappa shape index (κ2) is 7.14. The van der Waals surface area contributed by atoms with Gasteiger partial charge in [-0.3, -0.25) is 0 Å². The molecule has 2 rings (SSSR count). The first-order valence-corrected chi connectivity index (χ1v) is 6.50. The van der Waals surface area contributed by atoms with Crippen LogP contribution >= 0.6 is 0 Å². The van der Waals surface area contributed by atoms with Crippen molar-refractivity contribution in [2.24, 2.45) is 10.4 Å². The molecule has 0 bridgehead atoms. The Bertz CT molecular complexity index is 343. The van der Waals surface area contributed by atoms with E-state index in [0.717, 1.165) is 0 Å². The monoisotopic (exact) mass is 290 g/mol. The van der Waals surface area contributed by atoms with E-state index in [4.69, 9.17) is 19.3 Å². The van der Waals surface area contributed by atoms with E-state index in [-0.39, 0.29) is 26.2 Å². The Morgan fingerprint density at radius 1 is 1.20 bits per heavy atom. The van der Waals surface area contributed by atoms with E-state index in [0.29, 0.717) is 6.42 Å². The summed E-state index contributed by atoms with van der Waals surface area (Å²) >= 11 is 0. The van der Waals surface area contributed by atoms with Gasteiger partial charge in [0.25, 0.3) is 0 Å². The average Bonchev–Trinajstić information content (AvgIpc) is 2.47. The van der Waals surface area contributed by atoms with Gasteiger partial charge in [-0.15, -0.1) is 0 Å². The van der Waals surface area contributed by atoms with Crippen molar-refractivity contribution in [2.45, 2.75) is 49.5 Å². The maximum Gasteiger partial charge on any atom is 0.160 e. The van der Waals surface area contributed by atoms with Crippen molar-refractivity contribution in [1.29, 1.82) is 0 Å². The molecule has 114 valence electrons. The summed E-state index contributed by atoms with van der Waals surface area (Å²) in [7, 11) is 0. The molecule has 0 amide bonds. The third-order valence-electron chi connectivity index (χ3n) is 3.49. The standard InChI is InChI=1S/C11H18N2O7/c14-3-7-1-6(12-16)2-10(19-7)20-9-5-18-4-8(15)11(9)13-17/h6-11,14-15H,1-5H2/t6-,7-,8-,9+,10-,11+/m1/s1. The summed E-state index contributed by atoms with van der Waals surface area (Å²) in [5.74, 6) is 0. The average molecular weight is 290 g/mol. The normalized spacial score (nSPS) is 42.1. The van der Waals surface area contributed by atoms with Crippen LogP contribution in [0.25, 0.3) is 0 Å². The highest BCUT2D eigenvalue weighted by Crippen LogP contribution is 2.26. The van der Waals surface area contributed by atoms with Crippen LogP contribution in [0.3, 0.4) is 0 Å². The van der Waals surface area contributed by atoms with E-state index >= 15 is 0 Å². The van der Waals surface area contributed by atoms with Crippen molar-refractivity contribution >= 4 is 0 Å². The lowest BCUT2D eigenvalue weighted by Crippen LogP contribution is -2.50. The van der Waals surface area contributed by atoms with Crippen LogP contribution in [-0.2, 0) is 14.2 Å². The van der Waals surface area contributed by atoms with Gasteiger partial charge in [0.05, 0.1) is 32.0 Å². The van der Waals surface area contributed by atoms with Crippen molar-refractivity contribution in [3.63, 3.8) is 0 Å². The lowest BCUT2D eigenvalue weighted by Gasteiger charge is -2.37. The zero-order chi connectivity index (χ0) is 14.5. The van der Waals surface area contributed by atoms with Crippen LogP contribution in [0.5, 0.6) is 0 Å². The molecule has 0 spiro atoms. The van der Waals surface area contributed by atoms with Crippen molar-refractivity contribution in [3.05, 3.63) is 9.81 Å². The molecule has 2 heterocycles. The second-order valence-electron chi connectivity index (χ2n) is 4.98. The number of ether oxygens (including phenoxy) is 3. The molecule has 0 radical (unpaired) electrons. The van der Waals surface area contributed by atoms with Gasteiger partial charge in [-0.1, -0.05) is 10.4 Å². The second-order valence-corrected chi connectivity index (χ2v) is 4.98. The molecule has 0 aliphatic carbocycles. The molecule has 2 saturated heterocycles. The summed E-state index contributed by atoms with van der Waals surface area (Å²) < 4.78 is 16.1. The fourth-order valence-electron chi connectivity index (χ4n) is 2.44. The minimum Gasteiger partial charge on any atom is -0.394 e. The molecule has 20 heavy (non-hydrogen) atoms. The van der Waals surface area contributed by atoms with E-state index in [1.165, 1.54) is 0 Å². The molecular formula is C11H18N2O7. The summed E-state index contributed by atoms with van der Waals surface area (Å²) in [6.07, 6.45) is -2.52. The molecule has 2 N–H and O–H groups in total. The fourth-order valence-corrected chi connectivity index (χ4v) is 2.44. The zero-order valence-corrected chi connectivity index (χ0v) is 10.8. The smallest absolute Gasteiger partial charge is 0.160 e. The van der Waals surface area contributed by atoms with Crippen LogP contribution in [0.2, 0.25) is 0 Å². The molecular weight excluding hydrogens is 272 g/mol. The lowest BCUT2D eigenvalue weighted by atomic mass is 10.0. The first-order chi connectivity index (χ1) is 9.67. The van der Waals surface area contributed by atoms with Gasteiger partial charge in [-0.05, 0) is 0 Å². The van der Waals surface area contributed by atoms with E-state index < -0.39 is 36.7 Å². The highest BCUT2D eigenvalue weighted by atomic mass is 16.7. The van der Waals surface area contributed by atoms with Crippen LogP contribution in [0, 0.1) is 9.81 Å². The highest BCUT2D eigenvalue weighted by Gasteiger charge is 2.39. The topological polar surface area (TPSA) is 127 Å².